The van der Waals surface area contributed by atoms with Crippen molar-refractivity contribution in [2.24, 2.45) is 0 Å². The molecule has 2 atom stereocenters. The molecule has 2 heterocycles. The van der Waals surface area contributed by atoms with E-state index < -0.39 is 10.8 Å². The lowest BCUT2D eigenvalue weighted by molar-refractivity contribution is 0.663. The molecule has 1 aliphatic rings. The molecule has 1 aromatic heterocycles. The zero-order valence-electron chi connectivity index (χ0n) is 8.36. The average molecular weight is 246 g/mol. The van der Waals surface area contributed by atoms with E-state index >= 15 is 0 Å². The first kappa shape index (κ1) is 11.0. The third kappa shape index (κ3) is 2.53. The maximum atomic E-state index is 12.0. The van der Waals surface area contributed by atoms with E-state index in [-0.39, 0.29) is 5.25 Å². The summed E-state index contributed by atoms with van der Waals surface area (Å²) in [5.74, 6) is 0. The Bertz CT molecular complexity index is 373. The topological polar surface area (TPSA) is 54.9 Å². The molecular formula is C9H12ClN3OS. The molecule has 0 aliphatic carbocycles. The Balaban J connectivity index is 2.24. The van der Waals surface area contributed by atoms with Crippen LogP contribution < -0.4 is 5.32 Å². The normalized spacial score (nSPS) is 22.9. The largest absolute Gasteiger partial charge is 0.315 e. The van der Waals surface area contributed by atoms with Crippen molar-refractivity contribution in [1.82, 2.24) is 15.3 Å². The molecular weight excluding hydrogens is 234 g/mol. The van der Waals surface area contributed by atoms with Crippen LogP contribution >= 0.6 is 11.6 Å². The van der Waals surface area contributed by atoms with Crippen molar-refractivity contribution in [1.29, 1.82) is 0 Å². The Morgan fingerprint density at radius 2 is 2.40 bits per heavy atom. The fraction of sp³-hybridized carbons (Fsp3) is 0.556. The monoisotopic (exact) mass is 245 g/mol. The summed E-state index contributed by atoms with van der Waals surface area (Å²) in [6, 6.07) is 1.66. The summed E-state index contributed by atoms with van der Waals surface area (Å²) in [5, 5.41) is 4.00. The molecule has 0 radical (unpaired) electrons. The summed E-state index contributed by atoms with van der Waals surface area (Å²) in [6.45, 7) is 3.50. The van der Waals surface area contributed by atoms with Crippen molar-refractivity contribution >= 4 is 22.4 Å². The zero-order valence-corrected chi connectivity index (χ0v) is 9.94. The van der Waals surface area contributed by atoms with Crippen LogP contribution in [0.25, 0.3) is 0 Å². The summed E-state index contributed by atoms with van der Waals surface area (Å²) in [6.07, 6.45) is 0.904. The van der Waals surface area contributed by atoms with E-state index in [1.807, 2.05) is 6.92 Å². The standard InChI is InChI=1S/C9H12ClN3OS/c1-6-4-8(10)13-9(12-6)15(14)7-2-3-11-5-7/h4,7,11H,2-3,5H2,1H3/t7-,15?/m0/s1. The summed E-state index contributed by atoms with van der Waals surface area (Å²) < 4.78 is 12.0. The van der Waals surface area contributed by atoms with Gasteiger partial charge in [0.15, 0.2) is 0 Å². The lowest BCUT2D eigenvalue weighted by atomic mass is 10.4. The van der Waals surface area contributed by atoms with Gasteiger partial charge in [-0.25, -0.2) is 9.97 Å². The Kier molecular flexibility index (Phi) is 3.33. The molecule has 1 unspecified atom stereocenters. The van der Waals surface area contributed by atoms with Crippen LogP contribution in [-0.4, -0.2) is 32.5 Å². The minimum atomic E-state index is -1.15. The minimum Gasteiger partial charge on any atom is -0.315 e. The van der Waals surface area contributed by atoms with Crippen molar-refractivity contribution in [2.45, 2.75) is 23.8 Å². The van der Waals surface area contributed by atoms with Gasteiger partial charge in [-0.2, -0.15) is 0 Å². The van der Waals surface area contributed by atoms with Crippen LogP contribution in [0, 0.1) is 6.92 Å². The van der Waals surface area contributed by atoms with Crippen LogP contribution in [0.5, 0.6) is 0 Å². The maximum Gasteiger partial charge on any atom is 0.220 e. The van der Waals surface area contributed by atoms with Crippen LogP contribution in [0.15, 0.2) is 11.2 Å². The Hall–Kier alpha value is -0.520. The molecule has 0 saturated carbocycles. The molecule has 1 saturated heterocycles. The van der Waals surface area contributed by atoms with Gasteiger partial charge < -0.3 is 5.32 Å². The summed E-state index contributed by atoms with van der Waals surface area (Å²) in [7, 11) is -1.15. The first-order valence-corrected chi connectivity index (χ1v) is 6.38. The van der Waals surface area contributed by atoms with Gasteiger partial charge in [-0.05, 0) is 26.0 Å². The van der Waals surface area contributed by atoms with Crippen LogP contribution in [0.2, 0.25) is 5.15 Å². The molecule has 4 nitrogen and oxygen atoms in total. The van der Waals surface area contributed by atoms with E-state index in [4.69, 9.17) is 11.6 Å². The molecule has 0 bridgehead atoms. The van der Waals surface area contributed by atoms with Crippen molar-refractivity contribution in [3.05, 3.63) is 16.9 Å². The summed E-state index contributed by atoms with van der Waals surface area (Å²) in [5.41, 5.74) is 0.754. The number of nitrogens with one attached hydrogen (secondary N) is 1. The van der Waals surface area contributed by atoms with Gasteiger partial charge in [-0.3, -0.25) is 4.21 Å². The highest BCUT2D eigenvalue weighted by Gasteiger charge is 2.24. The number of nitrogens with zero attached hydrogens (tertiary/aromatic N) is 2. The number of halogens is 1. The third-order valence-corrected chi connectivity index (χ3v) is 4.04. The van der Waals surface area contributed by atoms with Crippen molar-refractivity contribution in [2.75, 3.05) is 13.1 Å². The third-order valence-electron chi connectivity index (χ3n) is 2.30. The van der Waals surface area contributed by atoms with Gasteiger partial charge in [0.05, 0.1) is 16.0 Å². The highest BCUT2D eigenvalue weighted by molar-refractivity contribution is 7.85. The molecule has 0 aromatic carbocycles. The van der Waals surface area contributed by atoms with Crippen molar-refractivity contribution in [3.63, 3.8) is 0 Å². The van der Waals surface area contributed by atoms with Gasteiger partial charge in [0, 0.05) is 12.2 Å². The van der Waals surface area contributed by atoms with Crippen LogP contribution in [0.4, 0.5) is 0 Å². The van der Waals surface area contributed by atoms with E-state index in [2.05, 4.69) is 15.3 Å². The molecule has 1 aliphatic heterocycles. The lowest BCUT2D eigenvalue weighted by Gasteiger charge is -2.07. The molecule has 1 N–H and O–H groups in total. The van der Waals surface area contributed by atoms with Crippen molar-refractivity contribution in [3.8, 4) is 0 Å². The Morgan fingerprint density at radius 3 is 3.00 bits per heavy atom. The quantitative estimate of drug-likeness (QED) is 0.622. The zero-order chi connectivity index (χ0) is 10.8. The second kappa shape index (κ2) is 4.55. The van der Waals surface area contributed by atoms with Crippen molar-refractivity contribution < 1.29 is 4.21 Å². The van der Waals surface area contributed by atoms with Crippen LogP contribution in [0.3, 0.4) is 0 Å². The van der Waals surface area contributed by atoms with E-state index in [1.54, 1.807) is 6.07 Å². The molecule has 82 valence electrons. The van der Waals surface area contributed by atoms with Gasteiger partial charge in [0.2, 0.25) is 5.16 Å². The van der Waals surface area contributed by atoms with E-state index in [0.29, 0.717) is 10.3 Å². The van der Waals surface area contributed by atoms with E-state index in [9.17, 15) is 4.21 Å². The molecule has 15 heavy (non-hydrogen) atoms. The first-order chi connectivity index (χ1) is 7.16. The highest BCUT2D eigenvalue weighted by atomic mass is 35.5. The molecule has 6 heteroatoms. The number of rotatable bonds is 2. The SMILES string of the molecule is Cc1cc(Cl)nc(S(=O)[C@H]2CCNC2)n1. The fourth-order valence-corrected chi connectivity index (χ4v) is 3.16. The van der Waals surface area contributed by atoms with E-state index in [1.165, 1.54) is 0 Å². The molecule has 1 fully saturated rings. The summed E-state index contributed by atoms with van der Waals surface area (Å²) in [4.78, 5) is 8.16. The first-order valence-electron chi connectivity index (χ1n) is 4.79. The predicted octanol–water partition coefficient (Wildman–Crippen LogP) is 0.908. The number of aromatic nitrogens is 2. The van der Waals surface area contributed by atoms with Gasteiger partial charge in [0.1, 0.15) is 5.15 Å². The molecule has 0 spiro atoms. The van der Waals surface area contributed by atoms with Gasteiger partial charge in [0.25, 0.3) is 0 Å². The lowest BCUT2D eigenvalue weighted by Crippen LogP contribution is -2.20. The molecule has 0 amide bonds. The second-order valence-corrected chi connectivity index (χ2v) is 5.54. The Labute approximate surface area is 95.9 Å². The average Bonchev–Trinajstić information content (AvgIpc) is 2.67. The number of aryl methyl sites for hydroxylation is 1. The van der Waals surface area contributed by atoms with Gasteiger partial charge in [-0.15, -0.1) is 0 Å². The van der Waals surface area contributed by atoms with Gasteiger partial charge in [-0.1, -0.05) is 11.6 Å². The number of hydrogen-bond acceptors (Lipinski definition) is 4. The molecule has 2 rings (SSSR count). The highest BCUT2D eigenvalue weighted by Crippen LogP contribution is 2.15. The van der Waals surface area contributed by atoms with Gasteiger partial charge >= 0.3 is 0 Å². The van der Waals surface area contributed by atoms with E-state index in [0.717, 1.165) is 25.2 Å². The maximum absolute atomic E-state index is 12.0. The smallest absolute Gasteiger partial charge is 0.220 e. The van der Waals surface area contributed by atoms with Crippen LogP contribution in [0.1, 0.15) is 12.1 Å². The predicted molar refractivity (Wildman–Crippen MR) is 59.5 cm³/mol. The molecule has 1 aromatic rings. The fourth-order valence-electron chi connectivity index (χ4n) is 1.55. The van der Waals surface area contributed by atoms with Crippen LogP contribution in [-0.2, 0) is 10.8 Å². The number of hydrogen-bond donors (Lipinski definition) is 1. The minimum absolute atomic E-state index is 0.114. The Morgan fingerprint density at radius 1 is 1.60 bits per heavy atom. The summed E-state index contributed by atoms with van der Waals surface area (Å²) >= 11 is 5.80. The second-order valence-electron chi connectivity index (χ2n) is 3.53.